The van der Waals surface area contributed by atoms with Crippen LogP contribution in [0.15, 0.2) is 60.2 Å². The number of H-pyrrole nitrogens is 1. The molecule has 2 heterocycles. The molecule has 1 unspecified atom stereocenters. The number of anilines is 1. The fourth-order valence-corrected chi connectivity index (χ4v) is 5.05. The molecule has 5 rings (SSSR count). The van der Waals surface area contributed by atoms with Gasteiger partial charge in [0.05, 0.1) is 54.6 Å². The zero-order valence-corrected chi connectivity index (χ0v) is 21.8. The number of methoxy groups -OCH3 is 3. The van der Waals surface area contributed by atoms with Gasteiger partial charge in [0.2, 0.25) is 5.95 Å². The first-order valence-electron chi connectivity index (χ1n) is 11.6. The molecule has 1 atom stereocenters. The van der Waals surface area contributed by atoms with E-state index in [0.29, 0.717) is 28.1 Å². The van der Waals surface area contributed by atoms with E-state index in [1.165, 1.54) is 26.2 Å². The first-order valence-corrected chi connectivity index (χ1v) is 12.0. The third-order valence-electron chi connectivity index (χ3n) is 6.42. The predicted molar refractivity (Wildman–Crippen MR) is 143 cm³/mol. The van der Waals surface area contributed by atoms with Gasteiger partial charge in [0, 0.05) is 0 Å². The largest absolute Gasteiger partial charge is 0.507 e. The number of nitrogens with one attached hydrogen (secondary N) is 1. The van der Waals surface area contributed by atoms with Crippen LogP contribution in [0.1, 0.15) is 22.7 Å². The van der Waals surface area contributed by atoms with E-state index in [1.807, 2.05) is 18.2 Å². The minimum atomic E-state index is -1.06. The van der Waals surface area contributed by atoms with Gasteiger partial charge in [-0.1, -0.05) is 29.8 Å². The molecule has 38 heavy (non-hydrogen) atoms. The number of amides is 1. The molecule has 4 aromatic rings. The summed E-state index contributed by atoms with van der Waals surface area (Å²) in [5.74, 6) is -0.993. The molecular weight excluding hydrogens is 510 g/mol. The Morgan fingerprint density at radius 2 is 1.74 bits per heavy atom. The molecule has 0 aliphatic carbocycles. The Hall–Kier alpha value is -4.50. The number of para-hydroxylation sites is 2. The molecule has 1 aromatic heterocycles. The molecule has 1 aliphatic rings. The summed E-state index contributed by atoms with van der Waals surface area (Å²) in [5.41, 5.74) is 2.55. The Bertz CT molecular complexity index is 1590. The number of hydrogen-bond acceptors (Lipinski definition) is 7. The summed E-state index contributed by atoms with van der Waals surface area (Å²) in [7, 11) is 4.40. The number of aromatic nitrogens is 2. The van der Waals surface area contributed by atoms with Gasteiger partial charge < -0.3 is 24.3 Å². The fraction of sp³-hybridized carbons (Fsp3) is 0.179. The Morgan fingerprint density at radius 1 is 1.00 bits per heavy atom. The second kappa shape index (κ2) is 9.75. The predicted octanol–water partition coefficient (Wildman–Crippen LogP) is 5.18. The van der Waals surface area contributed by atoms with E-state index in [-0.39, 0.29) is 27.9 Å². The number of fused-ring (bicyclic) bond motifs is 1. The number of nitrogens with zero attached hydrogens (tertiary/aromatic N) is 2. The van der Waals surface area contributed by atoms with Gasteiger partial charge in [-0.2, -0.15) is 0 Å². The zero-order chi connectivity index (χ0) is 27.1. The summed E-state index contributed by atoms with van der Waals surface area (Å²) in [6.45, 7) is 1.79. The summed E-state index contributed by atoms with van der Waals surface area (Å²) in [4.78, 5) is 36.0. The third-order valence-corrected chi connectivity index (χ3v) is 6.70. The topological polar surface area (TPSA) is 114 Å². The first-order chi connectivity index (χ1) is 18.3. The Kier molecular flexibility index (Phi) is 6.46. The van der Waals surface area contributed by atoms with Gasteiger partial charge in [-0.3, -0.25) is 14.5 Å². The number of imidazole rings is 1. The lowest BCUT2D eigenvalue weighted by Gasteiger charge is -2.24. The molecule has 0 bridgehead atoms. The van der Waals surface area contributed by atoms with E-state index >= 15 is 0 Å². The van der Waals surface area contributed by atoms with Crippen LogP contribution in [0.25, 0.3) is 16.8 Å². The van der Waals surface area contributed by atoms with Crippen molar-refractivity contribution in [3.05, 3.63) is 81.9 Å². The number of ether oxygens (including phenoxy) is 3. The zero-order valence-electron chi connectivity index (χ0n) is 21.0. The second-order valence-corrected chi connectivity index (χ2v) is 9.10. The highest BCUT2D eigenvalue weighted by molar-refractivity contribution is 6.51. The van der Waals surface area contributed by atoms with Gasteiger partial charge in [0.15, 0.2) is 11.5 Å². The number of hydrogen-bond donors (Lipinski definition) is 2. The molecular formula is C28H24ClN3O6. The van der Waals surface area contributed by atoms with Crippen LogP contribution >= 0.6 is 11.6 Å². The van der Waals surface area contributed by atoms with Crippen LogP contribution < -0.4 is 19.1 Å². The molecule has 2 N–H and O–H groups in total. The fourth-order valence-electron chi connectivity index (χ4n) is 4.70. The molecule has 0 spiro atoms. The molecule has 1 aliphatic heterocycles. The van der Waals surface area contributed by atoms with Gasteiger partial charge in [0.1, 0.15) is 11.5 Å². The Labute approximate surface area is 223 Å². The Morgan fingerprint density at radius 3 is 2.42 bits per heavy atom. The summed E-state index contributed by atoms with van der Waals surface area (Å²) in [6.07, 6.45) is 0. The first kappa shape index (κ1) is 25.2. The van der Waals surface area contributed by atoms with E-state index in [4.69, 9.17) is 25.8 Å². The monoisotopic (exact) mass is 533 g/mol. The van der Waals surface area contributed by atoms with Crippen molar-refractivity contribution in [2.75, 3.05) is 26.2 Å². The van der Waals surface area contributed by atoms with Gasteiger partial charge in [0.25, 0.3) is 5.78 Å². The number of ketones is 1. The normalized spacial score (nSPS) is 16.8. The average molecular weight is 534 g/mol. The number of halogens is 1. The summed E-state index contributed by atoms with van der Waals surface area (Å²) < 4.78 is 16.3. The van der Waals surface area contributed by atoms with Crippen molar-refractivity contribution >= 4 is 46.0 Å². The van der Waals surface area contributed by atoms with Crippen LogP contribution in [0, 0.1) is 6.92 Å². The number of aryl methyl sites for hydroxylation is 1. The molecule has 1 saturated heterocycles. The minimum Gasteiger partial charge on any atom is -0.507 e. The van der Waals surface area contributed by atoms with Crippen LogP contribution in [0.4, 0.5) is 5.95 Å². The Balaban J connectivity index is 1.80. The molecule has 1 amide bonds. The number of aliphatic hydroxyl groups is 1. The molecule has 0 radical (unpaired) electrons. The van der Waals surface area contributed by atoms with Crippen LogP contribution in [0.3, 0.4) is 0 Å². The molecule has 1 fully saturated rings. The second-order valence-electron chi connectivity index (χ2n) is 8.69. The highest BCUT2D eigenvalue weighted by atomic mass is 35.5. The van der Waals surface area contributed by atoms with Crippen molar-refractivity contribution in [2.24, 2.45) is 0 Å². The smallest absolute Gasteiger partial charge is 0.302 e. The minimum absolute atomic E-state index is 0.150. The van der Waals surface area contributed by atoms with Crippen molar-refractivity contribution < 1.29 is 28.9 Å². The number of rotatable bonds is 6. The molecule has 9 nitrogen and oxygen atoms in total. The van der Waals surface area contributed by atoms with Crippen molar-refractivity contribution in [3.63, 3.8) is 0 Å². The van der Waals surface area contributed by atoms with Crippen molar-refractivity contribution in [1.82, 2.24) is 9.97 Å². The molecule has 10 heteroatoms. The number of Topliss-reactive ketones (excluding diaryl/α,β-unsaturated/α-hetero) is 1. The highest BCUT2D eigenvalue weighted by Crippen LogP contribution is 2.45. The number of aliphatic hydroxyl groups excluding tert-OH is 1. The van der Waals surface area contributed by atoms with Crippen molar-refractivity contribution in [1.29, 1.82) is 0 Å². The van der Waals surface area contributed by atoms with E-state index in [0.717, 1.165) is 5.56 Å². The van der Waals surface area contributed by atoms with E-state index < -0.39 is 23.5 Å². The van der Waals surface area contributed by atoms with E-state index in [2.05, 4.69) is 9.97 Å². The maximum atomic E-state index is 13.6. The lowest BCUT2D eigenvalue weighted by atomic mass is 9.94. The van der Waals surface area contributed by atoms with Crippen LogP contribution in [-0.4, -0.2) is 48.1 Å². The summed E-state index contributed by atoms with van der Waals surface area (Å²) in [6, 6.07) is 14.5. The lowest BCUT2D eigenvalue weighted by Crippen LogP contribution is -2.30. The average Bonchev–Trinajstić information content (AvgIpc) is 3.45. The van der Waals surface area contributed by atoms with Gasteiger partial charge in [-0.15, -0.1) is 0 Å². The van der Waals surface area contributed by atoms with Gasteiger partial charge >= 0.3 is 5.91 Å². The van der Waals surface area contributed by atoms with Gasteiger partial charge in [-0.05, 0) is 54.4 Å². The number of carbonyl (C=O) groups is 2. The summed E-state index contributed by atoms with van der Waals surface area (Å²) >= 11 is 6.38. The maximum absolute atomic E-state index is 13.6. The molecule has 194 valence electrons. The lowest BCUT2D eigenvalue weighted by molar-refractivity contribution is -0.132. The summed E-state index contributed by atoms with van der Waals surface area (Å²) in [5, 5.41) is 11.8. The number of aromatic amines is 1. The standard InChI is InChI=1S/C28H24ClN3O6/c1-14-11-16(26(38-4)17(29)12-14)24(33)22-23(15-9-10-20(36-2)21(13-15)37-3)32(27(35)25(22)34)28-30-18-7-5-6-8-19(18)31-28/h5-13,23,33H,1-4H3,(H,30,31)/b24-22+. The van der Waals surface area contributed by atoms with E-state index in [9.17, 15) is 14.7 Å². The van der Waals surface area contributed by atoms with Crippen LogP contribution in [0.5, 0.6) is 17.2 Å². The number of benzene rings is 3. The molecule has 0 saturated carbocycles. The van der Waals surface area contributed by atoms with E-state index in [1.54, 1.807) is 43.3 Å². The maximum Gasteiger partial charge on any atom is 0.302 e. The van der Waals surface area contributed by atoms with Crippen LogP contribution in [-0.2, 0) is 9.59 Å². The van der Waals surface area contributed by atoms with Crippen LogP contribution in [0.2, 0.25) is 5.02 Å². The SMILES string of the molecule is COc1ccc(C2/C(=C(\O)c3cc(C)cc(Cl)c3OC)C(=O)C(=O)N2c2nc3ccccc3[nH]2)cc1OC. The third kappa shape index (κ3) is 4.01. The van der Waals surface area contributed by atoms with Gasteiger partial charge in [-0.25, -0.2) is 4.98 Å². The van der Waals surface area contributed by atoms with Crippen molar-refractivity contribution in [3.8, 4) is 17.2 Å². The van der Waals surface area contributed by atoms with Crippen molar-refractivity contribution in [2.45, 2.75) is 13.0 Å². The highest BCUT2D eigenvalue weighted by Gasteiger charge is 2.48. The molecule has 3 aromatic carbocycles. The quantitative estimate of drug-likeness (QED) is 0.199. The number of carbonyl (C=O) groups excluding carboxylic acids is 2.